The van der Waals surface area contributed by atoms with E-state index in [0.717, 1.165) is 71.8 Å². The monoisotopic (exact) mass is 812 g/mol. The zero-order valence-corrected chi connectivity index (χ0v) is 33.6. The Morgan fingerprint density at radius 2 is 1.47 bits per heavy atom. The molecule has 2 fully saturated rings. The molecule has 3 atom stereocenters. The van der Waals surface area contributed by atoms with Crippen LogP contribution in [0.1, 0.15) is 66.8 Å². The first-order valence-corrected chi connectivity index (χ1v) is 20.5. The number of piperazine rings is 1. The standard InChI is InChI=1S/C47H52N6O7/c48-42-8-1-2-9-43(42)50-46(56)11-4-3-10-45(55)49-30-34-6-5-7-38(28-34)35-16-18-37(19-17-35)47-59-41(29-44(60-47)36-14-12-33(32-54)13-15-36)31-51-24-26-52(27-25-51)39-20-22-40(23-21-39)53(57)58/h1-2,5-9,12-23,28,41,44,47,54H,3-4,10-11,24-27,29-32,48H2,(H,49,55)(H,50,56). The van der Waals surface area contributed by atoms with Crippen LogP contribution in [-0.4, -0.2) is 65.6 Å². The van der Waals surface area contributed by atoms with Crippen molar-refractivity contribution in [3.8, 4) is 11.1 Å². The maximum atomic E-state index is 12.6. The number of ether oxygens (including phenoxy) is 2. The third-order valence-electron chi connectivity index (χ3n) is 11.1. The molecule has 60 heavy (non-hydrogen) atoms. The molecular weight excluding hydrogens is 761 g/mol. The van der Waals surface area contributed by atoms with E-state index in [9.17, 15) is 24.8 Å². The van der Waals surface area contributed by atoms with Crippen molar-refractivity contribution in [3.63, 3.8) is 0 Å². The second kappa shape index (κ2) is 20.2. The quantitative estimate of drug-likeness (QED) is 0.0338. The van der Waals surface area contributed by atoms with Crippen molar-refractivity contribution >= 4 is 34.6 Å². The largest absolute Gasteiger partial charge is 0.397 e. The summed E-state index contributed by atoms with van der Waals surface area (Å²) in [5.74, 6) is -0.184. The van der Waals surface area contributed by atoms with Crippen molar-refractivity contribution in [2.75, 3.05) is 48.7 Å². The number of amides is 2. The van der Waals surface area contributed by atoms with E-state index in [-0.39, 0.29) is 41.2 Å². The minimum absolute atomic E-state index is 0.0223. The number of para-hydroxylation sites is 2. The predicted octanol–water partition coefficient (Wildman–Crippen LogP) is 7.52. The minimum Gasteiger partial charge on any atom is -0.397 e. The number of nitro benzene ring substituents is 1. The van der Waals surface area contributed by atoms with Gasteiger partial charge in [0.1, 0.15) is 0 Å². The number of benzene rings is 5. The zero-order valence-electron chi connectivity index (χ0n) is 33.6. The lowest BCUT2D eigenvalue weighted by molar-refractivity contribution is -0.384. The van der Waals surface area contributed by atoms with E-state index in [0.29, 0.717) is 50.0 Å². The first kappa shape index (κ1) is 42.0. The molecule has 312 valence electrons. The molecule has 0 radical (unpaired) electrons. The van der Waals surface area contributed by atoms with Gasteiger partial charge in [-0.3, -0.25) is 24.6 Å². The molecular formula is C47H52N6O7. The second-order valence-electron chi connectivity index (χ2n) is 15.4. The number of nitrogens with zero attached hydrogens (tertiary/aromatic N) is 3. The average Bonchev–Trinajstić information content (AvgIpc) is 3.28. The third kappa shape index (κ3) is 11.3. The van der Waals surface area contributed by atoms with Crippen LogP contribution in [0, 0.1) is 10.1 Å². The molecule has 2 aliphatic rings. The van der Waals surface area contributed by atoms with E-state index in [2.05, 4.69) is 38.6 Å². The lowest BCUT2D eigenvalue weighted by Crippen LogP contribution is -2.49. The molecule has 0 aromatic heterocycles. The number of unbranched alkanes of at least 4 members (excludes halogenated alkanes) is 1. The number of nitro groups is 1. The van der Waals surface area contributed by atoms with Crippen molar-refractivity contribution in [2.24, 2.45) is 0 Å². The van der Waals surface area contributed by atoms with Crippen LogP contribution in [0.25, 0.3) is 11.1 Å². The van der Waals surface area contributed by atoms with Crippen LogP contribution in [0.4, 0.5) is 22.7 Å². The van der Waals surface area contributed by atoms with Crippen LogP contribution in [0.5, 0.6) is 0 Å². The molecule has 13 heteroatoms. The van der Waals surface area contributed by atoms with Gasteiger partial charge in [0.2, 0.25) is 11.8 Å². The summed E-state index contributed by atoms with van der Waals surface area (Å²) in [7, 11) is 0. The van der Waals surface area contributed by atoms with E-state index in [4.69, 9.17) is 15.2 Å². The maximum absolute atomic E-state index is 12.6. The van der Waals surface area contributed by atoms with Crippen LogP contribution in [0.15, 0.2) is 121 Å². The summed E-state index contributed by atoms with van der Waals surface area (Å²) in [6.07, 6.45) is 1.65. The van der Waals surface area contributed by atoms with E-state index in [1.807, 2.05) is 78.9 Å². The molecule has 0 bridgehead atoms. The smallest absolute Gasteiger partial charge is 0.269 e. The first-order valence-electron chi connectivity index (χ1n) is 20.5. The topological polar surface area (TPSA) is 173 Å². The zero-order chi connectivity index (χ0) is 41.8. The maximum Gasteiger partial charge on any atom is 0.269 e. The number of carbonyl (C=O) groups excluding carboxylic acids is 2. The first-order chi connectivity index (χ1) is 29.2. The minimum atomic E-state index is -0.583. The molecule has 2 amide bonds. The number of rotatable bonds is 16. The molecule has 2 aliphatic heterocycles. The summed E-state index contributed by atoms with van der Waals surface area (Å²) < 4.78 is 13.3. The Morgan fingerprint density at radius 3 is 2.17 bits per heavy atom. The van der Waals surface area contributed by atoms with Gasteiger partial charge in [0.05, 0.1) is 35.1 Å². The van der Waals surface area contributed by atoms with Crippen molar-refractivity contribution in [2.45, 2.75) is 63.8 Å². The van der Waals surface area contributed by atoms with Crippen LogP contribution in [-0.2, 0) is 32.2 Å². The van der Waals surface area contributed by atoms with Crippen molar-refractivity contribution in [1.29, 1.82) is 0 Å². The van der Waals surface area contributed by atoms with Gasteiger partial charge in [-0.25, -0.2) is 0 Å². The number of nitrogens with two attached hydrogens (primary N) is 1. The second-order valence-corrected chi connectivity index (χ2v) is 15.4. The van der Waals surface area contributed by atoms with E-state index in [1.54, 1.807) is 24.3 Å². The van der Waals surface area contributed by atoms with Gasteiger partial charge in [0.25, 0.3) is 5.69 Å². The summed E-state index contributed by atoms with van der Waals surface area (Å²) >= 11 is 0. The van der Waals surface area contributed by atoms with Gasteiger partial charge < -0.3 is 35.8 Å². The van der Waals surface area contributed by atoms with Crippen molar-refractivity contribution < 1.29 is 29.1 Å². The summed E-state index contributed by atoms with van der Waals surface area (Å²) in [6.45, 7) is 4.40. The number of carbonyl (C=O) groups is 2. The lowest BCUT2D eigenvalue weighted by atomic mass is 9.98. The highest BCUT2D eigenvalue weighted by atomic mass is 16.7. The number of anilines is 3. The fourth-order valence-corrected chi connectivity index (χ4v) is 7.67. The molecule has 7 rings (SSSR count). The molecule has 2 saturated heterocycles. The molecule has 5 N–H and O–H groups in total. The van der Waals surface area contributed by atoms with Crippen LogP contribution in [0.3, 0.4) is 0 Å². The molecule has 13 nitrogen and oxygen atoms in total. The predicted molar refractivity (Wildman–Crippen MR) is 232 cm³/mol. The van der Waals surface area contributed by atoms with Crippen LogP contribution >= 0.6 is 0 Å². The Bertz CT molecular complexity index is 2210. The molecule has 0 aliphatic carbocycles. The fourth-order valence-electron chi connectivity index (χ4n) is 7.67. The number of aliphatic hydroxyl groups is 1. The van der Waals surface area contributed by atoms with Gasteiger partial charge in [0.15, 0.2) is 6.29 Å². The lowest BCUT2D eigenvalue weighted by Gasteiger charge is -2.41. The fraction of sp³-hybridized carbons (Fsp3) is 0.319. The van der Waals surface area contributed by atoms with Crippen LogP contribution < -0.4 is 21.3 Å². The number of hydrogen-bond acceptors (Lipinski definition) is 10. The van der Waals surface area contributed by atoms with Gasteiger partial charge in [-0.05, 0) is 71.0 Å². The Labute approximate surface area is 350 Å². The summed E-state index contributed by atoms with van der Waals surface area (Å²) in [5.41, 5.74) is 13.9. The number of aliphatic hydroxyl groups excluding tert-OH is 1. The molecule has 5 aromatic rings. The Morgan fingerprint density at radius 1 is 0.767 bits per heavy atom. The SMILES string of the molecule is Nc1ccccc1NC(=O)CCCCC(=O)NCc1cccc(-c2ccc(C3OC(CN4CCN(c5ccc([N+](=O)[O-])cc5)CC4)CC(c4ccc(CO)cc4)O3)cc2)c1. The molecule has 5 aromatic carbocycles. The van der Waals surface area contributed by atoms with Crippen molar-refractivity contribution in [3.05, 3.63) is 154 Å². The third-order valence-corrected chi connectivity index (χ3v) is 11.1. The highest BCUT2D eigenvalue weighted by molar-refractivity contribution is 5.93. The van der Waals surface area contributed by atoms with Gasteiger partial charge >= 0.3 is 0 Å². The highest BCUT2D eigenvalue weighted by Crippen LogP contribution is 2.39. The van der Waals surface area contributed by atoms with Gasteiger partial charge in [-0.15, -0.1) is 0 Å². The number of nitrogens with one attached hydrogen (secondary N) is 2. The van der Waals surface area contributed by atoms with E-state index < -0.39 is 6.29 Å². The Hall–Kier alpha value is -6.12. The molecule has 2 heterocycles. The van der Waals surface area contributed by atoms with E-state index >= 15 is 0 Å². The molecule has 3 unspecified atom stereocenters. The summed E-state index contributed by atoms with van der Waals surface area (Å²) in [5, 5.41) is 26.6. The normalized spacial score (nSPS) is 18.1. The molecule has 0 spiro atoms. The van der Waals surface area contributed by atoms with E-state index in [1.165, 1.54) is 0 Å². The number of nitrogen functional groups attached to an aromatic ring is 1. The van der Waals surface area contributed by atoms with Gasteiger partial charge in [-0.1, -0.05) is 78.9 Å². The number of non-ortho nitro benzene ring substituents is 1. The van der Waals surface area contributed by atoms with Crippen LogP contribution in [0.2, 0.25) is 0 Å². The van der Waals surface area contributed by atoms with Gasteiger partial charge in [0, 0.05) is 81.9 Å². The van der Waals surface area contributed by atoms with Gasteiger partial charge in [-0.2, -0.15) is 0 Å². The Balaban J connectivity index is 0.926. The summed E-state index contributed by atoms with van der Waals surface area (Å²) in [4.78, 5) is 40.3. The van der Waals surface area contributed by atoms with Crippen molar-refractivity contribution in [1.82, 2.24) is 10.2 Å². The number of hydrogen-bond donors (Lipinski definition) is 4. The summed E-state index contributed by atoms with van der Waals surface area (Å²) in [6, 6.07) is 38.1. The highest BCUT2D eigenvalue weighted by Gasteiger charge is 2.34. The average molecular weight is 813 g/mol. The molecule has 0 saturated carbocycles. The Kier molecular flexibility index (Phi) is 14.2.